The zero-order valence-corrected chi connectivity index (χ0v) is 17.3. The molecule has 3 unspecified atom stereocenters. The molecular formula is C20H40O4. The van der Waals surface area contributed by atoms with Gasteiger partial charge in [-0.3, -0.25) is 4.79 Å². The molecule has 0 aliphatic carbocycles. The quantitative estimate of drug-likeness (QED) is 0.482. The van der Waals surface area contributed by atoms with E-state index in [1.54, 1.807) is 0 Å². The maximum Gasteiger partial charge on any atom is 0.135 e. The molecule has 144 valence electrons. The fourth-order valence-corrected chi connectivity index (χ4v) is 2.76. The van der Waals surface area contributed by atoms with Gasteiger partial charge in [-0.05, 0) is 54.9 Å². The lowest BCUT2D eigenvalue weighted by Crippen LogP contribution is -2.39. The van der Waals surface area contributed by atoms with Crippen molar-refractivity contribution in [3.63, 3.8) is 0 Å². The first-order valence-electron chi connectivity index (χ1n) is 9.51. The van der Waals surface area contributed by atoms with Crippen molar-refractivity contribution in [3.8, 4) is 0 Å². The largest absolute Gasteiger partial charge is 0.376 e. The van der Waals surface area contributed by atoms with E-state index < -0.39 is 0 Å². The Morgan fingerprint density at radius 2 is 1.17 bits per heavy atom. The van der Waals surface area contributed by atoms with Gasteiger partial charge in [0.2, 0.25) is 0 Å². The molecule has 0 fully saturated rings. The molecule has 0 radical (unpaired) electrons. The van der Waals surface area contributed by atoms with Crippen molar-refractivity contribution in [2.24, 2.45) is 5.92 Å². The summed E-state index contributed by atoms with van der Waals surface area (Å²) in [5.74, 6) is 0.347. The molecule has 0 rings (SSSR count). The Kier molecular flexibility index (Phi) is 11.8. The van der Waals surface area contributed by atoms with Gasteiger partial charge in [0.25, 0.3) is 0 Å². The lowest BCUT2D eigenvalue weighted by atomic mass is 9.97. The van der Waals surface area contributed by atoms with Crippen LogP contribution in [0.2, 0.25) is 0 Å². The van der Waals surface area contributed by atoms with Gasteiger partial charge in [-0.2, -0.15) is 0 Å². The van der Waals surface area contributed by atoms with Gasteiger partial charge < -0.3 is 14.2 Å². The average Bonchev–Trinajstić information content (AvgIpc) is 2.40. The predicted molar refractivity (Wildman–Crippen MR) is 99.4 cm³/mol. The summed E-state index contributed by atoms with van der Waals surface area (Å²) in [5.41, 5.74) is 0. The molecule has 0 saturated carbocycles. The lowest BCUT2D eigenvalue weighted by molar-refractivity contribution is -0.136. The Hall–Kier alpha value is -0.450. The summed E-state index contributed by atoms with van der Waals surface area (Å²) in [5, 5.41) is 0. The van der Waals surface area contributed by atoms with E-state index in [1.165, 1.54) is 0 Å². The van der Waals surface area contributed by atoms with E-state index in [1.807, 2.05) is 55.4 Å². The van der Waals surface area contributed by atoms with Crippen LogP contribution in [0.15, 0.2) is 0 Å². The summed E-state index contributed by atoms with van der Waals surface area (Å²) in [6.07, 6.45) is 2.33. The van der Waals surface area contributed by atoms with Crippen molar-refractivity contribution in [1.82, 2.24) is 0 Å². The van der Waals surface area contributed by atoms with Gasteiger partial charge >= 0.3 is 0 Å². The maximum absolute atomic E-state index is 12.0. The van der Waals surface area contributed by atoms with Crippen molar-refractivity contribution in [1.29, 1.82) is 0 Å². The Morgan fingerprint density at radius 3 is 1.58 bits per heavy atom. The molecule has 0 amide bonds. The molecule has 24 heavy (non-hydrogen) atoms. The smallest absolute Gasteiger partial charge is 0.135 e. The molecule has 0 N–H and O–H groups in total. The molecule has 4 heteroatoms. The molecule has 0 bridgehead atoms. The second-order valence-electron chi connectivity index (χ2n) is 7.84. The third kappa shape index (κ3) is 11.2. The van der Waals surface area contributed by atoms with E-state index in [-0.39, 0.29) is 48.3 Å². The van der Waals surface area contributed by atoms with Gasteiger partial charge in [0.1, 0.15) is 5.78 Å². The van der Waals surface area contributed by atoms with E-state index >= 15 is 0 Å². The number of hydrogen-bond donors (Lipinski definition) is 0. The van der Waals surface area contributed by atoms with Gasteiger partial charge in [-0.25, -0.2) is 0 Å². The van der Waals surface area contributed by atoms with Crippen LogP contribution in [0.25, 0.3) is 0 Å². The van der Waals surface area contributed by atoms with E-state index in [4.69, 9.17) is 14.2 Å². The molecule has 0 aliphatic rings. The predicted octanol–water partition coefficient (Wildman–Crippen LogP) is 4.78. The first kappa shape index (κ1) is 23.5. The van der Waals surface area contributed by atoms with Crippen LogP contribution in [-0.4, -0.2) is 42.4 Å². The van der Waals surface area contributed by atoms with Crippen molar-refractivity contribution in [3.05, 3.63) is 0 Å². The summed E-state index contributed by atoms with van der Waals surface area (Å²) in [4.78, 5) is 12.0. The fourth-order valence-electron chi connectivity index (χ4n) is 2.76. The molecule has 0 aromatic rings. The van der Waals surface area contributed by atoms with Gasteiger partial charge in [-0.1, -0.05) is 13.8 Å². The number of carbonyl (C=O) groups excluding carboxylic acids is 1. The monoisotopic (exact) mass is 344 g/mol. The average molecular weight is 345 g/mol. The van der Waals surface area contributed by atoms with E-state index in [2.05, 4.69) is 6.92 Å². The molecule has 3 atom stereocenters. The van der Waals surface area contributed by atoms with Crippen molar-refractivity contribution in [2.45, 2.75) is 118 Å². The van der Waals surface area contributed by atoms with Crippen LogP contribution in [0.1, 0.15) is 81.6 Å². The fraction of sp³-hybridized carbons (Fsp3) is 0.950. The minimum Gasteiger partial charge on any atom is -0.376 e. The molecule has 0 spiro atoms. The third-order valence-electron chi connectivity index (χ3n) is 3.70. The Bertz CT molecular complexity index is 337. The first-order chi connectivity index (χ1) is 11.0. The number of Topliss-reactive ketones (excluding diaryl/α,β-unsaturated/α-hetero) is 1. The molecular weight excluding hydrogens is 304 g/mol. The van der Waals surface area contributed by atoms with Crippen molar-refractivity contribution in [2.75, 3.05) is 0 Å². The summed E-state index contributed by atoms with van der Waals surface area (Å²) in [6.45, 7) is 18.2. The number of rotatable bonds is 13. The van der Waals surface area contributed by atoms with Gasteiger partial charge in [0.05, 0.1) is 36.6 Å². The minimum absolute atomic E-state index is 0.0670. The van der Waals surface area contributed by atoms with Crippen LogP contribution in [0.4, 0.5) is 0 Å². The van der Waals surface area contributed by atoms with Crippen molar-refractivity contribution < 1.29 is 19.0 Å². The van der Waals surface area contributed by atoms with Crippen LogP contribution < -0.4 is 0 Å². The topological polar surface area (TPSA) is 44.8 Å². The van der Waals surface area contributed by atoms with Crippen LogP contribution >= 0.6 is 0 Å². The number of ketones is 1. The molecule has 0 aliphatic heterocycles. The summed E-state index contributed by atoms with van der Waals surface area (Å²) in [6, 6.07) is 0. The Labute approximate surface area is 149 Å². The van der Waals surface area contributed by atoms with E-state index in [0.717, 1.165) is 6.42 Å². The highest BCUT2D eigenvalue weighted by Crippen LogP contribution is 2.21. The van der Waals surface area contributed by atoms with Crippen molar-refractivity contribution >= 4 is 5.78 Å². The number of hydrogen-bond acceptors (Lipinski definition) is 4. The first-order valence-corrected chi connectivity index (χ1v) is 9.51. The molecule has 4 nitrogen and oxygen atoms in total. The number of carbonyl (C=O) groups is 1. The van der Waals surface area contributed by atoms with E-state index in [0.29, 0.717) is 12.8 Å². The Morgan fingerprint density at radius 1 is 0.708 bits per heavy atom. The third-order valence-corrected chi connectivity index (χ3v) is 3.70. The molecule has 0 aromatic heterocycles. The van der Waals surface area contributed by atoms with Crippen LogP contribution in [0, 0.1) is 5.92 Å². The van der Waals surface area contributed by atoms with Gasteiger partial charge in [0.15, 0.2) is 0 Å². The number of ether oxygens (including phenoxy) is 3. The highest BCUT2D eigenvalue weighted by molar-refractivity contribution is 5.80. The summed E-state index contributed by atoms with van der Waals surface area (Å²) >= 11 is 0. The highest BCUT2D eigenvalue weighted by atomic mass is 16.6. The standard InChI is InChI=1S/C20H40O4/c1-13(2)18(21)10-11-19(23-15(5)6)20(24-16(7)8)12-17(9)22-14(3)4/h13-17,19-20H,10-12H2,1-9H3. The van der Waals surface area contributed by atoms with Gasteiger partial charge in [-0.15, -0.1) is 0 Å². The van der Waals surface area contributed by atoms with Crippen LogP contribution in [-0.2, 0) is 19.0 Å². The zero-order valence-electron chi connectivity index (χ0n) is 17.3. The molecule has 0 saturated heterocycles. The molecule has 0 aromatic carbocycles. The SMILES string of the molecule is CC(C)OC(C)CC(OC(C)C)C(CCC(=O)C(C)C)OC(C)C. The van der Waals surface area contributed by atoms with E-state index in [9.17, 15) is 4.79 Å². The summed E-state index contributed by atoms with van der Waals surface area (Å²) in [7, 11) is 0. The molecule has 0 heterocycles. The Balaban J connectivity index is 4.99. The minimum atomic E-state index is -0.0895. The zero-order chi connectivity index (χ0) is 18.9. The normalized spacial score (nSPS) is 16.2. The second kappa shape index (κ2) is 12.0. The van der Waals surface area contributed by atoms with Crippen LogP contribution in [0.3, 0.4) is 0 Å². The maximum atomic E-state index is 12.0. The summed E-state index contributed by atoms with van der Waals surface area (Å²) < 4.78 is 18.1. The second-order valence-corrected chi connectivity index (χ2v) is 7.84. The van der Waals surface area contributed by atoms with Crippen LogP contribution in [0.5, 0.6) is 0 Å². The van der Waals surface area contributed by atoms with Gasteiger partial charge in [0, 0.05) is 18.8 Å². The highest BCUT2D eigenvalue weighted by Gasteiger charge is 2.28. The lowest BCUT2D eigenvalue weighted by Gasteiger charge is -2.32.